The highest BCUT2D eigenvalue weighted by Gasteiger charge is 2.29. The second-order valence-electron chi connectivity index (χ2n) is 7.23. The van der Waals surface area contributed by atoms with Gasteiger partial charge in [0.05, 0.1) is 11.4 Å². The monoisotopic (exact) mass is 466 g/mol. The van der Waals surface area contributed by atoms with Crippen molar-refractivity contribution in [1.82, 2.24) is 20.7 Å². The molecule has 1 aromatic rings. The molecule has 2 aliphatic rings. The van der Waals surface area contributed by atoms with Gasteiger partial charge in [0.15, 0.2) is 5.96 Å². The van der Waals surface area contributed by atoms with Crippen molar-refractivity contribution in [2.24, 2.45) is 10.1 Å². The highest BCUT2D eigenvalue weighted by molar-refractivity contribution is 7.89. The predicted molar refractivity (Wildman–Crippen MR) is 116 cm³/mol. The number of benzene rings is 1. The Kier molecular flexibility index (Phi) is 8.00. The minimum absolute atomic E-state index is 0.0701. The molecule has 32 heavy (non-hydrogen) atoms. The average Bonchev–Trinajstić information content (AvgIpc) is 3.46. The van der Waals surface area contributed by atoms with Crippen LogP contribution in [-0.4, -0.2) is 75.4 Å². The van der Waals surface area contributed by atoms with Gasteiger partial charge in [-0.05, 0) is 25.0 Å². The van der Waals surface area contributed by atoms with Gasteiger partial charge in [0.25, 0.3) is 5.91 Å². The van der Waals surface area contributed by atoms with Crippen LogP contribution in [0.3, 0.4) is 0 Å². The maximum Gasteiger partial charge on any atom is 0.323 e. The van der Waals surface area contributed by atoms with E-state index in [1.807, 2.05) is 0 Å². The van der Waals surface area contributed by atoms with Crippen LogP contribution in [0.4, 0.5) is 0 Å². The molecule has 0 bridgehead atoms. The summed E-state index contributed by atoms with van der Waals surface area (Å²) in [5, 5.41) is 21.8. The van der Waals surface area contributed by atoms with Crippen molar-refractivity contribution in [1.29, 1.82) is 0 Å². The molecule has 1 amide bonds. The van der Waals surface area contributed by atoms with Crippen LogP contribution in [0.15, 0.2) is 45.4 Å². The summed E-state index contributed by atoms with van der Waals surface area (Å²) in [5.41, 5.74) is 0.139. The molecule has 2 aliphatic heterocycles. The lowest BCUT2D eigenvalue weighted by atomic mass is 10.1. The van der Waals surface area contributed by atoms with Gasteiger partial charge in [-0.25, -0.2) is 8.42 Å². The number of nitrogens with zero attached hydrogens (tertiary/aromatic N) is 2. The Labute approximate surface area is 185 Å². The third-order valence-corrected chi connectivity index (χ3v) is 6.27. The van der Waals surface area contributed by atoms with Gasteiger partial charge in [-0.15, -0.1) is 0 Å². The first-order valence-corrected chi connectivity index (χ1v) is 11.7. The van der Waals surface area contributed by atoms with Crippen molar-refractivity contribution < 1.29 is 28.0 Å². The van der Waals surface area contributed by atoms with Crippen molar-refractivity contribution in [2.75, 3.05) is 26.2 Å². The summed E-state index contributed by atoms with van der Waals surface area (Å²) < 4.78 is 26.8. The molecule has 0 radical (unpaired) electrons. The van der Waals surface area contributed by atoms with Crippen LogP contribution in [0.25, 0.3) is 0 Å². The zero-order valence-corrected chi connectivity index (χ0v) is 18.1. The Hall–Kier alpha value is -3.19. The molecule has 2 unspecified atom stereocenters. The first-order chi connectivity index (χ1) is 15.3. The lowest BCUT2D eigenvalue weighted by Gasteiger charge is -2.15. The van der Waals surface area contributed by atoms with Crippen LogP contribution in [0, 0.1) is 0 Å². The fraction of sp³-hybridized carbons (Fsp3) is 0.474. The van der Waals surface area contributed by atoms with Crippen LogP contribution in [0.2, 0.25) is 0 Å². The van der Waals surface area contributed by atoms with E-state index < -0.39 is 34.5 Å². The minimum Gasteiger partial charge on any atom is -0.480 e. The van der Waals surface area contributed by atoms with E-state index in [9.17, 15) is 23.1 Å². The third kappa shape index (κ3) is 6.65. The smallest absolute Gasteiger partial charge is 0.323 e. The summed E-state index contributed by atoms with van der Waals surface area (Å²) in [6.07, 6.45) is 1.51. The normalized spacial score (nSPS) is 18.7. The molecule has 174 valence electrons. The van der Waals surface area contributed by atoms with E-state index in [4.69, 9.17) is 4.84 Å². The maximum absolute atomic E-state index is 12.4. The lowest BCUT2D eigenvalue weighted by molar-refractivity contribution is -0.138. The van der Waals surface area contributed by atoms with Crippen molar-refractivity contribution in [3.8, 4) is 0 Å². The van der Waals surface area contributed by atoms with Crippen LogP contribution < -0.4 is 20.7 Å². The van der Waals surface area contributed by atoms with E-state index in [-0.39, 0.29) is 16.7 Å². The molecular weight excluding hydrogens is 440 g/mol. The van der Waals surface area contributed by atoms with Crippen LogP contribution in [-0.2, 0) is 24.4 Å². The number of amides is 1. The molecule has 2 heterocycles. The third-order valence-electron chi connectivity index (χ3n) is 4.78. The van der Waals surface area contributed by atoms with Gasteiger partial charge in [0, 0.05) is 26.1 Å². The highest BCUT2D eigenvalue weighted by atomic mass is 32.2. The maximum atomic E-state index is 12.4. The number of aliphatic carboxylic acids is 1. The number of oxime groups is 1. The van der Waals surface area contributed by atoms with Crippen LogP contribution in [0.1, 0.15) is 19.3 Å². The number of hydrogen-bond acceptors (Lipinski definition) is 9. The average molecular weight is 467 g/mol. The second kappa shape index (κ2) is 10.9. The first-order valence-electron chi connectivity index (χ1n) is 10.2. The fourth-order valence-corrected chi connectivity index (χ4v) is 4.31. The van der Waals surface area contributed by atoms with Gasteiger partial charge in [-0.1, -0.05) is 23.4 Å². The van der Waals surface area contributed by atoms with Gasteiger partial charge >= 0.3 is 5.97 Å². The molecule has 5 N–H and O–H groups in total. The standard InChI is InChI=1S/C19H26N6O6S/c26-17(15-11-13(31-24-15)5-4-8-20-19-21-9-10-22-19)23-12-16(18(27)28)25-32(29,30)14-6-2-1-3-7-14/h1-3,6-7,13,16,25H,4-5,8-12H2,(H,23,26)(H,27,28)(H2,20,21,22). The fourth-order valence-electron chi connectivity index (χ4n) is 3.10. The number of carboxylic acid groups (broad SMARTS) is 1. The number of rotatable bonds is 11. The summed E-state index contributed by atoms with van der Waals surface area (Å²) in [5.74, 6) is -1.23. The highest BCUT2D eigenvalue weighted by Crippen LogP contribution is 2.15. The van der Waals surface area contributed by atoms with E-state index >= 15 is 0 Å². The van der Waals surface area contributed by atoms with E-state index in [1.54, 1.807) is 6.07 Å². The Bertz CT molecular complexity index is 981. The minimum atomic E-state index is -4.06. The first kappa shape index (κ1) is 23.5. The van der Waals surface area contributed by atoms with Gasteiger partial charge in [0.2, 0.25) is 10.0 Å². The Morgan fingerprint density at radius 2 is 2.06 bits per heavy atom. The van der Waals surface area contributed by atoms with Crippen molar-refractivity contribution in [2.45, 2.75) is 36.3 Å². The van der Waals surface area contributed by atoms with Crippen molar-refractivity contribution >= 4 is 33.6 Å². The van der Waals surface area contributed by atoms with E-state index in [0.717, 1.165) is 25.5 Å². The van der Waals surface area contributed by atoms with E-state index in [1.165, 1.54) is 24.3 Å². The molecule has 0 aromatic heterocycles. The molecule has 1 aromatic carbocycles. The quantitative estimate of drug-likeness (QED) is 0.259. The van der Waals surface area contributed by atoms with E-state index in [0.29, 0.717) is 19.4 Å². The van der Waals surface area contributed by atoms with Gasteiger partial charge in [0.1, 0.15) is 17.9 Å². The largest absolute Gasteiger partial charge is 0.480 e. The zero-order chi connectivity index (χ0) is 23.0. The molecule has 0 fully saturated rings. The van der Waals surface area contributed by atoms with E-state index in [2.05, 4.69) is 30.8 Å². The molecule has 0 saturated heterocycles. The van der Waals surface area contributed by atoms with Crippen LogP contribution >= 0.6 is 0 Å². The molecule has 0 aliphatic carbocycles. The summed E-state index contributed by atoms with van der Waals surface area (Å²) in [4.78, 5) is 33.3. The van der Waals surface area contributed by atoms with Crippen molar-refractivity contribution in [3.05, 3.63) is 30.3 Å². The lowest BCUT2D eigenvalue weighted by Crippen LogP contribution is -2.49. The molecule has 0 saturated carbocycles. The molecular formula is C19H26N6O6S. The predicted octanol–water partition coefficient (Wildman–Crippen LogP) is -0.992. The van der Waals surface area contributed by atoms with Gasteiger partial charge < -0.3 is 25.9 Å². The number of aliphatic imine (C=N–C) groups is 1. The summed E-state index contributed by atoms with van der Waals surface area (Å²) in [6, 6.07) is 5.84. The Morgan fingerprint density at radius 3 is 2.75 bits per heavy atom. The number of carbonyl (C=O) groups excluding carboxylic acids is 1. The molecule has 0 spiro atoms. The molecule has 3 rings (SSSR count). The molecule has 12 nitrogen and oxygen atoms in total. The number of hydrogen-bond donors (Lipinski definition) is 5. The van der Waals surface area contributed by atoms with Crippen molar-refractivity contribution in [3.63, 3.8) is 0 Å². The topological polar surface area (TPSA) is 171 Å². The Balaban J connectivity index is 1.41. The summed E-state index contributed by atoms with van der Waals surface area (Å²) >= 11 is 0. The summed E-state index contributed by atoms with van der Waals surface area (Å²) in [6.45, 7) is 1.85. The second-order valence-corrected chi connectivity index (χ2v) is 8.94. The number of carboxylic acids is 1. The number of carbonyl (C=O) groups is 2. The molecule has 2 atom stereocenters. The van der Waals surface area contributed by atoms with Gasteiger partial charge in [-0.2, -0.15) is 4.72 Å². The number of guanidine groups is 1. The van der Waals surface area contributed by atoms with Gasteiger partial charge in [-0.3, -0.25) is 14.6 Å². The number of sulfonamides is 1. The SMILES string of the molecule is O=C(NCC(NS(=O)(=O)c1ccccc1)C(=O)O)C1=NOC(CCCNC2=NCCN2)C1. The Morgan fingerprint density at radius 1 is 1.28 bits per heavy atom. The molecule has 13 heteroatoms. The zero-order valence-electron chi connectivity index (χ0n) is 17.3. The van der Waals surface area contributed by atoms with Crippen LogP contribution in [0.5, 0.6) is 0 Å². The number of nitrogens with one attached hydrogen (secondary N) is 4. The summed E-state index contributed by atoms with van der Waals surface area (Å²) in [7, 11) is -4.06.